The Morgan fingerprint density at radius 3 is 2.06 bits per heavy atom. The van der Waals surface area contributed by atoms with Gasteiger partial charge in [-0.3, -0.25) is 23.1 Å². The van der Waals surface area contributed by atoms with Crippen LogP contribution in [0.1, 0.15) is 0 Å². The summed E-state index contributed by atoms with van der Waals surface area (Å²) < 4.78 is 29.0. The minimum Gasteiger partial charge on any atom is -1.00 e. The summed E-state index contributed by atoms with van der Waals surface area (Å²) in [4.78, 5) is 12.4. The van der Waals surface area contributed by atoms with E-state index in [1.54, 1.807) is 6.07 Å². The molecular formula is C6H4BF4N3O2. The Morgan fingerprint density at radius 2 is 1.75 bits per heavy atom. The maximum absolute atomic E-state index is 10.2. The van der Waals surface area contributed by atoms with Gasteiger partial charge in [-0.25, -0.2) is 0 Å². The van der Waals surface area contributed by atoms with Gasteiger partial charge in [0.15, 0.2) is 4.98 Å². The number of benzene rings is 1. The Bertz CT molecular complexity index is 382. The molecule has 16 heavy (non-hydrogen) atoms. The first-order valence-electron chi connectivity index (χ1n) is 3.49. The number of para-hydroxylation sites is 1. The van der Waals surface area contributed by atoms with Crippen molar-refractivity contribution in [1.82, 2.24) is 0 Å². The first-order valence-corrected chi connectivity index (χ1v) is 3.49. The fraction of sp³-hybridized carbons (Fsp3) is 0. The minimum absolute atomic E-state index is 0. The molecule has 1 aromatic carbocycles. The Kier molecular flexibility index (Phi) is 8.29. The highest BCUT2D eigenvalue weighted by molar-refractivity contribution is 6.33. The van der Waals surface area contributed by atoms with E-state index in [4.69, 9.17) is 5.39 Å². The fourth-order valence-electron chi connectivity index (χ4n) is 0.703. The van der Waals surface area contributed by atoms with Crippen LogP contribution in [0, 0.1) is 15.5 Å². The molecule has 0 fully saturated rings. The molecule has 0 bridgehead atoms. The molecule has 1 aromatic rings. The van der Waals surface area contributed by atoms with Gasteiger partial charge in [0.25, 0.3) is 0 Å². The Labute approximate surface area is 87.2 Å². The number of diazo groups is 1. The average molecular weight is 237 g/mol. The molecule has 0 spiro atoms. The molecule has 0 aliphatic rings. The van der Waals surface area contributed by atoms with Crippen molar-refractivity contribution in [3.8, 4) is 0 Å². The third-order valence-corrected chi connectivity index (χ3v) is 1.19. The highest BCUT2D eigenvalue weighted by Crippen LogP contribution is 2.25. The zero-order valence-corrected chi connectivity index (χ0v) is 7.56. The summed E-state index contributed by atoms with van der Waals surface area (Å²) >= 11 is 0. The van der Waals surface area contributed by atoms with Gasteiger partial charge in [0.1, 0.15) is 0 Å². The molecule has 0 N–H and O–H groups in total. The van der Waals surface area contributed by atoms with E-state index in [9.17, 15) is 23.1 Å². The van der Waals surface area contributed by atoms with E-state index >= 15 is 0 Å². The number of nitro groups is 1. The van der Waals surface area contributed by atoms with Crippen molar-refractivity contribution in [3.63, 3.8) is 0 Å². The molecule has 0 amide bonds. The van der Waals surface area contributed by atoms with Crippen molar-refractivity contribution in [1.29, 1.82) is 5.39 Å². The molecule has 5 nitrogen and oxygen atoms in total. The van der Waals surface area contributed by atoms with Crippen LogP contribution in [0.2, 0.25) is 0 Å². The second-order valence-corrected chi connectivity index (χ2v) is 2.09. The summed E-state index contributed by atoms with van der Waals surface area (Å²) in [5.74, 6) is 0. The van der Waals surface area contributed by atoms with Gasteiger partial charge >= 0.3 is 18.9 Å². The lowest BCUT2D eigenvalue weighted by atomic mass is 10.3. The van der Waals surface area contributed by atoms with Crippen molar-refractivity contribution in [3.05, 3.63) is 39.4 Å². The third kappa shape index (κ3) is 6.30. The van der Waals surface area contributed by atoms with Crippen molar-refractivity contribution in [2.75, 3.05) is 0 Å². The van der Waals surface area contributed by atoms with Gasteiger partial charge in [-0.15, -0.1) is 0 Å². The monoisotopic (exact) mass is 237 g/mol. The van der Waals surface area contributed by atoms with Gasteiger partial charge in [-0.05, 0) is 0 Å². The van der Waals surface area contributed by atoms with Crippen LogP contribution in [-0.4, -0.2) is 12.5 Å². The molecular weight excluding hydrogens is 233 g/mol. The van der Waals surface area contributed by atoms with Crippen LogP contribution >= 0.6 is 0 Å². The second kappa shape index (κ2) is 8.16. The summed E-state index contributed by atoms with van der Waals surface area (Å²) in [6.45, 7) is 0. The van der Waals surface area contributed by atoms with Crippen LogP contribution in [-0.2, 0) is 0 Å². The van der Waals surface area contributed by atoms with E-state index in [-0.39, 0.29) is 16.1 Å². The van der Waals surface area contributed by atoms with Gasteiger partial charge in [-0.2, -0.15) is 0 Å². The fourth-order valence-corrected chi connectivity index (χ4v) is 0.703. The van der Waals surface area contributed by atoms with Crippen molar-refractivity contribution < 1.29 is 22.6 Å². The summed E-state index contributed by atoms with van der Waals surface area (Å²) in [6, 6.07) is 5.70. The lowest BCUT2D eigenvalue weighted by molar-refractivity contribution is -0.383. The number of hydrogen-bond acceptors (Lipinski definition) is 3. The highest BCUT2D eigenvalue weighted by atomic mass is 19.4. The van der Waals surface area contributed by atoms with E-state index in [0.29, 0.717) is 0 Å². The van der Waals surface area contributed by atoms with Gasteiger partial charge in [0, 0.05) is 12.1 Å². The van der Waals surface area contributed by atoms with Crippen molar-refractivity contribution >= 4 is 18.9 Å². The van der Waals surface area contributed by atoms with Gasteiger partial charge < -0.3 is 4.70 Å². The molecule has 0 saturated carbocycles. The number of nitrogens with zero attached hydrogens (tertiary/aromatic N) is 3. The molecule has 0 aliphatic heterocycles. The summed E-state index contributed by atoms with van der Waals surface area (Å²) in [5, 5.41) is 18.5. The molecule has 0 atom stereocenters. The normalized spacial score (nSPS) is 7.62. The molecule has 0 aromatic heterocycles. The molecule has 10 heteroatoms. The minimum atomic E-state index is -3.67. The first kappa shape index (κ1) is 16.3. The number of rotatable bonds is 1. The maximum Gasteiger partial charge on any atom is 0.762 e. The number of halogens is 4. The lowest BCUT2D eigenvalue weighted by Gasteiger charge is -1.83. The van der Waals surface area contributed by atoms with Crippen LogP contribution in [0.3, 0.4) is 0 Å². The van der Waals surface area contributed by atoms with E-state index in [2.05, 4.69) is 4.98 Å². The molecule has 0 saturated heterocycles. The predicted octanol–water partition coefficient (Wildman–Crippen LogP) is -0.0368. The Morgan fingerprint density at radius 1 is 1.31 bits per heavy atom. The van der Waals surface area contributed by atoms with Gasteiger partial charge in [0.2, 0.25) is 5.39 Å². The van der Waals surface area contributed by atoms with Crippen molar-refractivity contribution in [2.45, 2.75) is 0 Å². The third-order valence-electron chi connectivity index (χ3n) is 1.19. The zero-order chi connectivity index (χ0) is 11.8. The summed E-state index contributed by atoms with van der Waals surface area (Å²) in [5.41, 5.74) is -0.229. The molecule has 0 radical (unpaired) electrons. The zero-order valence-electron chi connectivity index (χ0n) is 7.56. The predicted molar refractivity (Wildman–Crippen MR) is 46.9 cm³/mol. The Hall–Kier alpha value is -2.18. The van der Waals surface area contributed by atoms with Crippen LogP contribution in [0.5, 0.6) is 0 Å². The molecule has 0 unspecified atom stereocenters. The number of hydrogen-bond donors (Lipinski definition) is 0. The van der Waals surface area contributed by atoms with Gasteiger partial charge in [0.05, 0.1) is 4.92 Å². The smallest absolute Gasteiger partial charge is 0.762 e. The summed E-state index contributed by atoms with van der Waals surface area (Å²) in [6.07, 6.45) is 0. The molecule has 0 aliphatic carbocycles. The van der Waals surface area contributed by atoms with E-state index < -0.39 is 12.5 Å². The number of nitro benzene ring substituents is 1. The Balaban J connectivity index is 0. The first-order chi connectivity index (χ1) is 6.99. The molecule has 86 valence electrons. The maximum atomic E-state index is 10.2. The second-order valence-electron chi connectivity index (χ2n) is 2.09. The van der Waals surface area contributed by atoms with Crippen LogP contribution in [0.4, 0.5) is 24.3 Å². The largest absolute Gasteiger partial charge is 1.00 e. The quantitative estimate of drug-likeness (QED) is 0.226. The van der Waals surface area contributed by atoms with Crippen molar-refractivity contribution in [2.24, 2.45) is 0 Å². The SMILES string of the molecule is FB(F)F.N#[N+]c1ccccc1[N+](=O)[O-].[F-]. The molecule has 1 rings (SSSR count). The van der Waals surface area contributed by atoms with Crippen LogP contribution in [0.25, 0.3) is 4.98 Å². The lowest BCUT2D eigenvalue weighted by Crippen LogP contribution is -3.00. The standard InChI is InChI=1S/C6H4N3O2.BF3.FH/c7-8-5-3-1-2-4-6(5)9(10)11;2-1(3)4;/h1-4H;;1H/q+1;;/p-1. The van der Waals surface area contributed by atoms with E-state index in [0.717, 1.165) is 0 Å². The van der Waals surface area contributed by atoms with E-state index in [1.165, 1.54) is 18.2 Å². The van der Waals surface area contributed by atoms with Crippen LogP contribution in [0.15, 0.2) is 24.3 Å². The van der Waals surface area contributed by atoms with E-state index in [1.807, 2.05) is 0 Å². The summed E-state index contributed by atoms with van der Waals surface area (Å²) in [7, 11) is -3.67. The molecule has 0 heterocycles. The highest BCUT2D eigenvalue weighted by Gasteiger charge is 2.22. The van der Waals surface area contributed by atoms with Gasteiger partial charge in [-0.1, -0.05) is 12.1 Å². The average Bonchev–Trinajstić information content (AvgIpc) is 2.16. The topological polar surface area (TPSA) is 71.3 Å². The van der Waals surface area contributed by atoms with Crippen LogP contribution < -0.4 is 4.70 Å².